The Kier molecular flexibility index (Phi) is 6.97. The van der Waals surface area contributed by atoms with Crippen LogP contribution in [0.5, 0.6) is 0 Å². The van der Waals surface area contributed by atoms with E-state index >= 15 is 0 Å². The molecule has 1 atom stereocenters. The smallest absolute Gasteiger partial charge is 0.407 e. The van der Waals surface area contributed by atoms with Gasteiger partial charge in [0.2, 0.25) is 0 Å². The Balaban J connectivity index is 1.89. The van der Waals surface area contributed by atoms with Gasteiger partial charge in [0.25, 0.3) is 0 Å². The second-order valence-corrected chi connectivity index (χ2v) is 8.68. The third-order valence-electron chi connectivity index (χ3n) is 5.24. The van der Waals surface area contributed by atoms with E-state index in [-0.39, 0.29) is 29.8 Å². The van der Waals surface area contributed by atoms with Gasteiger partial charge in [0, 0.05) is 35.4 Å². The van der Waals surface area contributed by atoms with Crippen LogP contribution in [0.1, 0.15) is 39.7 Å². The lowest BCUT2D eigenvalue weighted by Gasteiger charge is -2.36. The second-order valence-electron chi connectivity index (χ2n) is 8.68. The Morgan fingerprint density at radius 3 is 2.67 bits per heavy atom. The maximum Gasteiger partial charge on any atom is 0.407 e. The van der Waals surface area contributed by atoms with Crippen molar-refractivity contribution < 1.29 is 14.3 Å². The lowest BCUT2D eigenvalue weighted by Crippen LogP contribution is -2.50. The number of nitrogens with one attached hydrogen (secondary N) is 2. The van der Waals surface area contributed by atoms with E-state index in [0.717, 1.165) is 17.0 Å². The van der Waals surface area contributed by atoms with Crippen molar-refractivity contribution in [2.45, 2.75) is 45.7 Å². The monoisotopic (exact) mass is 450 g/mol. The van der Waals surface area contributed by atoms with Crippen molar-refractivity contribution in [1.82, 2.24) is 14.9 Å². The van der Waals surface area contributed by atoms with Crippen molar-refractivity contribution >= 4 is 34.3 Å². The van der Waals surface area contributed by atoms with E-state index in [0.29, 0.717) is 12.1 Å². The number of carboxylic acid groups (broad SMARTS) is 1. The first-order valence-electron chi connectivity index (χ1n) is 10.6. The zero-order chi connectivity index (χ0) is 24.2. The van der Waals surface area contributed by atoms with Gasteiger partial charge < -0.3 is 20.6 Å². The van der Waals surface area contributed by atoms with Gasteiger partial charge in [-0.05, 0) is 57.5 Å². The largest absolute Gasteiger partial charge is 0.465 e. The van der Waals surface area contributed by atoms with Crippen molar-refractivity contribution in [3.8, 4) is 6.07 Å². The molecular weight excluding hydrogens is 423 g/mol. The number of nitriles is 1. The molecule has 9 heteroatoms. The van der Waals surface area contributed by atoms with Gasteiger partial charge in [-0.1, -0.05) is 13.0 Å². The molecule has 1 unspecified atom stereocenters. The number of aromatic nitrogens is 2. The molecule has 3 aromatic rings. The van der Waals surface area contributed by atoms with Crippen LogP contribution in [-0.4, -0.2) is 44.2 Å². The predicted octanol–water partition coefficient (Wildman–Crippen LogP) is 5.35. The molecule has 0 radical (unpaired) electrons. The van der Waals surface area contributed by atoms with Gasteiger partial charge in [0.1, 0.15) is 6.07 Å². The number of halogens is 1. The number of anilines is 3. The fourth-order valence-corrected chi connectivity index (χ4v) is 3.39. The van der Waals surface area contributed by atoms with E-state index in [2.05, 4.69) is 20.6 Å². The Bertz CT molecular complexity index is 1200. The van der Waals surface area contributed by atoms with Crippen molar-refractivity contribution in [2.75, 3.05) is 17.2 Å². The molecule has 3 rings (SSSR count). The van der Waals surface area contributed by atoms with E-state index in [4.69, 9.17) is 0 Å². The number of pyridine rings is 2. The van der Waals surface area contributed by atoms with Crippen molar-refractivity contribution in [3.05, 3.63) is 54.0 Å². The lowest BCUT2D eigenvalue weighted by atomic mass is 10.0. The third kappa shape index (κ3) is 5.66. The van der Waals surface area contributed by atoms with E-state index in [1.165, 1.54) is 4.90 Å². The highest BCUT2D eigenvalue weighted by Crippen LogP contribution is 2.26. The first-order chi connectivity index (χ1) is 15.6. The van der Waals surface area contributed by atoms with E-state index < -0.39 is 17.4 Å². The van der Waals surface area contributed by atoms with Gasteiger partial charge in [-0.2, -0.15) is 5.26 Å². The van der Waals surface area contributed by atoms with Crippen LogP contribution in [0.2, 0.25) is 0 Å². The van der Waals surface area contributed by atoms with Crippen LogP contribution >= 0.6 is 0 Å². The van der Waals surface area contributed by atoms with Crippen LogP contribution < -0.4 is 10.6 Å². The second kappa shape index (κ2) is 9.69. The van der Waals surface area contributed by atoms with Crippen LogP contribution in [0.25, 0.3) is 10.9 Å². The highest BCUT2D eigenvalue weighted by molar-refractivity contribution is 5.83. The third-order valence-corrected chi connectivity index (χ3v) is 5.24. The number of carbonyl (C=O) groups is 1. The molecule has 2 aromatic heterocycles. The maximum atomic E-state index is 14.7. The molecule has 0 bridgehead atoms. The predicted molar refractivity (Wildman–Crippen MR) is 126 cm³/mol. The molecular formula is C24H27FN6O2. The Labute approximate surface area is 192 Å². The summed E-state index contributed by atoms with van der Waals surface area (Å²) < 4.78 is 14.7. The summed E-state index contributed by atoms with van der Waals surface area (Å²) >= 11 is 0. The zero-order valence-corrected chi connectivity index (χ0v) is 19.1. The highest BCUT2D eigenvalue weighted by atomic mass is 19.1. The molecule has 0 spiro atoms. The quantitative estimate of drug-likeness (QED) is 0.444. The van der Waals surface area contributed by atoms with Gasteiger partial charge in [-0.15, -0.1) is 0 Å². The number of fused-ring (bicyclic) bond motifs is 1. The summed E-state index contributed by atoms with van der Waals surface area (Å²) in [6.07, 6.45) is 1.20. The van der Waals surface area contributed by atoms with Gasteiger partial charge in [0.05, 0.1) is 11.1 Å². The summed E-state index contributed by atoms with van der Waals surface area (Å²) in [4.78, 5) is 21.6. The zero-order valence-electron chi connectivity index (χ0n) is 19.1. The van der Waals surface area contributed by atoms with E-state index in [9.17, 15) is 19.6 Å². The van der Waals surface area contributed by atoms with Crippen LogP contribution in [0.3, 0.4) is 0 Å². The van der Waals surface area contributed by atoms with Gasteiger partial charge in [-0.25, -0.2) is 14.2 Å². The van der Waals surface area contributed by atoms with Gasteiger partial charge >= 0.3 is 6.09 Å². The number of amides is 1. The summed E-state index contributed by atoms with van der Waals surface area (Å²) in [6, 6.07) is 12.0. The average Bonchev–Trinajstić information content (AvgIpc) is 2.77. The molecule has 8 nitrogen and oxygen atoms in total. The number of nitrogens with zero attached hydrogens (tertiary/aromatic N) is 4. The normalized spacial score (nSPS) is 12.1. The Morgan fingerprint density at radius 1 is 1.27 bits per heavy atom. The molecule has 0 saturated carbocycles. The maximum absolute atomic E-state index is 14.7. The fraction of sp³-hybridized carbons (Fsp3) is 0.333. The molecule has 33 heavy (non-hydrogen) atoms. The van der Waals surface area contributed by atoms with Crippen LogP contribution in [0.15, 0.2) is 42.6 Å². The summed E-state index contributed by atoms with van der Waals surface area (Å²) in [6.45, 7) is 7.43. The SMILES string of the molecule is CCC(CN(C(=O)O)C(C)(C)C)Nc1nc(Nc2ccc3ncccc3c2)c(C#N)cc1F. The van der Waals surface area contributed by atoms with Crippen molar-refractivity contribution in [2.24, 2.45) is 0 Å². The minimum Gasteiger partial charge on any atom is -0.465 e. The summed E-state index contributed by atoms with van der Waals surface area (Å²) in [7, 11) is 0. The topological polar surface area (TPSA) is 114 Å². The first-order valence-corrected chi connectivity index (χ1v) is 10.6. The number of rotatable bonds is 7. The number of hydrogen-bond acceptors (Lipinski definition) is 6. The summed E-state index contributed by atoms with van der Waals surface area (Å²) in [5.74, 6) is -0.536. The molecule has 3 N–H and O–H groups in total. The standard InChI is InChI=1S/C24H27FN6O2/c1-5-17(14-31(23(32)33)24(2,3)4)28-22-19(25)12-16(13-26)21(30-22)29-18-8-9-20-15(11-18)7-6-10-27-20/h6-12,17H,5,14H2,1-4H3,(H,32,33)(H2,28,29,30). The van der Waals surface area contributed by atoms with Gasteiger partial charge in [-0.3, -0.25) is 4.98 Å². The van der Waals surface area contributed by atoms with Crippen LogP contribution in [-0.2, 0) is 0 Å². The molecule has 0 aliphatic heterocycles. The molecule has 1 amide bonds. The van der Waals surface area contributed by atoms with E-state index in [1.54, 1.807) is 33.0 Å². The average molecular weight is 451 g/mol. The Morgan fingerprint density at radius 2 is 2.03 bits per heavy atom. The highest BCUT2D eigenvalue weighted by Gasteiger charge is 2.28. The molecule has 2 heterocycles. The van der Waals surface area contributed by atoms with Crippen molar-refractivity contribution in [3.63, 3.8) is 0 Å². The molecule has 1 aromatic carbocycles. The first kappa shape index (κ1) is 23.7. The fourth-order valence-electron chi connectivity index (χ4n) is 3.39. The van der Waals surface area contributed by atoms with Crippen LogP contribution in [0, 0.1) is 17.1 Å². The summed E-state index contributed by atoms with van der Waals surface area (Å²) in [5.41, 5.74) is 0.939. The molecule has 172 valence electrons. The number of benzene rings is 1. The van der Waals surface area contributed by atoms with Crippen LogP contribution in [0.4, 0.5) is 26.5 Å². The Hall–Kier alpha value is -3.93. The van der Waals surface area contributed by atoms with E-state index in [1.807, 2.05) is 37.3 Å². The lowest BCUT2D eigenvalue weighted by molar-refractivity contribution is 0.0971. The minimum absolute atomic E-state index is 0.0509. The molecule has 0 saturated heterocycles. The van der Waals surface area contributed by atoms with Crippen molar-refractivity contribution in [1.29, 1.82) is 5.26 Å². The minimum atomic E-state index is -1.05. The molecule has 0 fully saturated rings. The summed E-state index contributed by atoms with van der Waals surface area (Å²) in [5, 5.41) is 26.1. The molecule has 0 aliphatic carbocycles. The number of hydrogen-bond donors (Lipinski definition) is 3. The molecule has 0 aliphatic rings. The van der Waals surface area contributed by atoms with Gasteiger partial charge in [0.15, 0.2) is 17.5 Å².